The van der Waals surface area contributed by atoms with Crippen LogP contribution in [0.5, 0.6) is 0 Å². The van der Waals surface area contributed by atoms with E-state index in [9.17, 15) is 4.79 Å². The number of fused-ring (bicyclic) bond motifs is 1. The molecule has 5 heteroatoms. The lowest BCUT2D eigenvalue weighted by atomic mass is 9.87. The standard InChI is InChI=1S/C23H27ClN2O2/c1-3-16-8-6-10-18-20(15-26-23(16)18)19(17-9-4-5-11-21(17)24)14-22(27)25-12-7-13-28-2/h4-6,8-11,15,19,26H,3,7,12-14H2,1-2H3,(H,25,27). The summed E-state index contributed by atoms with van der Waals surface area (Å²) in [6.07, 6.45) is 4.12. The summed E-state index contributed by atoms with van der Waals surface area (Å²) in [6.45, 7) is 3.39. The van der Waals surface area contributed by atoms with Gasteiger partial charge >= 0.3 is 0 Å². The van der Waals surface area contributed by atoms with Gasteiger partial charge in [0.05, 0.1) is 0 Å². The average Bonchev–Trinajstić information content (AvgIpc) is 3.14. The van der Waals surface area contributed by atoms with Crippen molar-refractivity contribution in [3.63, 3.8) is 0 Å². The largest absolute Gasteiger partial charge is 0.385 e. The highest BCUT2D eigenvalue weighted by atomic mass is 35.5. The number of rotatable bonds is 9. The van der Waals surface area contributed by atoms with E-state index in [2.05, 4.69) is 35.4 Å². The molecule has 0 saturated heterocycles. The van der Waals surface area contributed by atoms with Crippen molar-refractivity contribution in [3.05, 3.63) is 70.4 Å². The zero-order chi connectivity index (χ0) is 19.9. The third kappa shape index (κ3) is 4.57. The summed E-state index contributed by atoms with van der Waals surface area (Å²) in [5, 5.41) is 4.83. The van der Waals surface area contributed by atoms with Gasteiger partial charge in [0.2, 0.25) is 5.91 Å². The van der Waals surface area contributed by atoms with E-state index in [1.54, 1.807) is 7.11 Å². The molecule has 0 aliphatic carbocycles. The van der Waals surface area contributed by atoms with Gasteiger partial charge in [0.1, 0.15) is 0 Å². The van der Waals surface area contributed by atoms with E-state index in [0.717, 1.165) is 34.9 Å². The number of hydrogen-bond acceptors (Lipinski definition) is 2. The van der Waals surface area contributed by atoms with Crippen LogP contribution in [0.3, 0.4) is 0 Å². The van der Waals surface area contributed by atoms with E-state index in [0.29, 0.717) is 24.6 Å². The molecule has 0 radical (unpaired) electrons. The summed E-state index contributed by atoms with van der Waals surface area (Å²) in [7, 11) is 1.66. The molecule has 1 heterocycles. The molecule has 148 valence electrons. The molecule has 0 spiro atoms. The summed E-state index contributed by atoms with van der Waals surface area (Å²) in [5.41, 5.74) is 4.48. The van der Waals surface area contributed by atoms with Crippen LogP contribution in [0.15, 0.2) is 48.7 Å². The number of aromatic amines is 1. The normalized spacial score (nSPS) is 12.2. The van der Waals surface area contributed by atoms with Crippen LogP contribution in [0.1, 0.15) is 42.4 Å². The number of halogens is 1. The highest BCUT2D eigenvalue weighted by Gasteiger charge is 2.23. The Hall–Kier alpha value is -2.30. The van der Waals surface area contributed by atoms with E-state index in [1.807, 2.05) is 30.5 Å². The summed E-state index contributed by atoms with van der Waals surface area (Å²) in [6, 6.07) is 14.1. The summed E-state index contributed by atoms with van der Waals surface area (Å²) in [5.74, 6) is -0.0981. The molecule has 0 bridgehead atoms. The van der Waals surface area contributed by atoms with E-state index in [1.165, 1.54) is 5.56 Å². The van der Waals surface area contributed by atoms with Gasteiger partial charge in [-0.15, -0.1) is 0 Å². The van der Waals surface area contributed by atoms with Crippen LogP contribution in [-0.2, 0) is 16.0 Å². The monoisotopic (exact) mass is 398 g/mol. The Kier molecular flexibility index (Phi) is 7.12. The first-order chi connectivity index (χ1) is 13.7. The molecule has 28 heavy (non-hydrogen) atoms. The van der Waals surface area contributed by atoms with Crippen molar-refractivity contribution in [2.24, 2.45) is 0 Å². The number of carbonyl (C=O) groups is 1. The van der Waals surface area contributed by atoms with Crippen molar-refractivity contribution in [2.45, 2.75) is 32.1 Å². The molecule has 1 unspecified atom stereocenters. The molecular formula is C23H27ClN2O2. The van der Waals surface area contributed by atoms with Gasteiger partial charge in [-0.2, -0.15) is 0 Å². The number of benzene rings is 2. The number of aromatic nitrogens is 1. The van der Waals surface area contributed by atoms with E-state index < -0.39 is 0 Å². The number of hydrogen-bond donors (Lipinski definition) is 2. The van der Waals surface area contributed by atoms with E-state index >= 15 is 0 Å². The van der Waals surface area contributed by atoms with Crippen LogP contribution >= 0.6 is 11.6 Å². The zero-order valence-electron chi connectivity index (χ0n) is 16.4. The fourth-order valence-corrected chi connectivity index (χ4v) is 3.94. The smallest absolute Gasteiger partial charge is 0.220 e. The van der Waals surface area contributed by atoms with Crippen molar-refractivity contribution in [3.8, 4) is 0 Å². The first-order valence-corrected chi connectivity index (χ1v) is 10.1. The molecule has 2 N–H and O–H groups in total. The molecule has 0 aliphatic heterocycles. The average molecular weight is 399 g/mol. The maximum atomic E-state index is 12.7. The number of para-hydroxylation sites is 1. The number of aryl methyl sites for hydroxylation is 1. The van der Waals surface area contributed by atoms with Gasteiger partial charge in [0, 0.05) is 54.7 Å². The molecule has 0 fully saturated rings. The molecule has 3 aromatic rings. The lowest BCUT2D eigenvalue weighted by Gasteiger charge is -2.18. The molecule has 4 nitrogen and oxygen atoms in total. The maximum absolute atomic E-state index is 12.7. The number of ether oxygens (including phenoxy) is 1. The van der Waals surface area contributed by atoms with Crippen molar-refractivity contribution in [1.29, 1.82) is 0 Å². The molecule has 1 atom stereocenters. The Bertz CT molecular complexity index is 935. The Labute approximate surface area is 171 Å². The molecule has 3 rings (SSSR count). The quantitative estimate of drug-likeness (QED) is 0.495. The third-order valence-electron chi connectivity index (χ3n) is 5.11. The third-order valence-corrected chi connectivity index (χ3v) is 5.45. The van der Waals surface area contributed by atoms with E-state index in [4.69, 9.17) is 16.3 Å². The van der Waals surface area contributed by atoms with E-state index in [-0.39, 0.29) is 11.8 Å². The molecule has 1 aromatic heterocycles. The van der Waals surface area contributed by atoms with Gasteiger partial charge in [-0.05, 0) is 35.6 Å². The maximum Gasteiger partial charge on any atom is 0.220 e. The topological polar surface area (TPSA) is 54.1 Å². The summed E-state index contributed by atoms with van der Waals surface area (Å²) in [4.78, 5) is 16.1. The second-order valence-corrected chi connectivity index (χ2v) is 7.32. The summed E-state index contributed by atoms with van der Waals surface area (Å²) >= 11 is 6.52. The number of H-pyrrole nitrogens is 1. The second-order valence-electron chi connectivity index (χ2n) is 6.91. The van der Waals surface area contributed by atoms with Crippen LogP contribution in [0.25, 0.3) is 10.9 Å². The van der Waals surface area contributed by atoms with Crippen molar-refractivity contribution >= 4 is 28.4 Å². The Morgan fingerprint density at radius 1 is 1.18 bits per heavy atom. The Balaban J connectivity index is 1.94. The van der Waals surface area contributed by atoms with Crippen LogP contribution < -0.4 is 5.32 Å². The Morgan fingerprint density at radius 3 is 2.75 bits per heavy atom. The van der Waals surface area contributed by atoms with Crippen LogP contribution in [-0.4, -0.2) is 31.2 Å². The molecular weight excluding hydrogens is 372 g/mol. The number of methoxy groups -OCH3 is 1. The van der Waals surface area contributed by atoms with Crippen molar-refractivity contribution < 1.29 is 9.53 Å². The first-order valence-electron chi connectivity index (χ1n) is 9.74. The van der Waals surface area contributed by atoms with Gasteiger partial charge in [0.15, 0.2) is 0 Å². The van der Waals surface area contributed by atoms with Crippen molar-refractivity contribution in [2.75, 3.05) is 20.3 Å². The summed E-state index contributed by atoms with van der Waals surface area (Å²) < 4.78 is 5.05. The molecule has 2 aromatic carbocycles. The SMILES string of the molecule is CCc1cccc2c(C(CC(=O)NCCCOC)c3ccccc3Cl)c[nH]c12. The second kappa shape index (κ2) is 9.76. The van der Waals surface area contributed by atoms with Crippen LogP contribution in [0.2, 0.25) is 5.02 Å². The van der Waals surface area contributed by atoms with Crippen LogP contribution in [0.4, 0.5) is 0 Å². The van der Waals surface area contributed by atoms with Gasteiger partial charge in [-0.3, -0.25) is 4.79 Å². The minimum atomic E-state index is -0.114. The van der Waals surface area contributed by atoms with Gasteiger partial charge < -0.3 is 15.0 Å². The number of carbonyl (C=O) groups excluding carboxylic acids is 1. The van der Waals surface area contributed by atoms with Gasteiger partial charge in [-0.1, -0.05) is 54.9 Å². The lowest BCUT2D eigenvalue weighted by Crippen LogP contribution is -2.27. The predicted molar refractivity (Wildman–Crippen MR) is 115 cm³/mol. The fraction of sp³-hybridized carbons (Fsp3) is 0.348. The van der Waals surface area contributed by atoms with Crippen molar-refractivity contribution in [1.82, 2.24) is 10.3 Å². The van der Waals surface area contributed by atoms with Gasteiger partial charge in [0.25, 0.3) is 0 Å². The highest BCUT2D eigenvalue weighted by molar-refractivity contribution is 6.31. The minimum Gasteiger partial charge on any atom is -0.385 e. The number of amides is 1. The predicted octanol–water partition coefficient (Wildman–Crippen LogP) is 5.06. The first kappa shape index (κ1) is 20.4. The van der Waals surface area contributed by atoms with Crippen LogP contribution in [0, 0.1) is 0 Å². The minimum absolute atomic E-state index is 0.0158. The molecule has 1 amide bonds. The molecule has 0 saturated carbocycles. The fourth-order valence-electron chi connectivity index (χ4n) is 3.67. The Morgan fingerprint density at radius 2 is 2.00 bits per heavy atom. The highest BCUT2D eigenvalue weighted by Crippen LogP contribution is 2.37. The molecule has 0 aliphatic rings. The number of nitrogens with one attached hydrogen (secondary N) is 2. The zero-order valence-corrected chi connectivity index (χ0v) is 17.2. The lowest BCUT2D eigenvalue weighted by molar-refractivity contribution is -0.121. The van der Waals surface area contributed by atoms with Gasteiger partial charge in [-0.25, -0.2) is 0 Å².